The Morgan fingerprint density at radius 3 is 3.00 bits per heavy atom. The van der Waals surface area contributed by atoms with E-state index in [0.717, 1.165) is 30.5 Å². The minimum atomic E-state index is 0.00625. The molecular weight excluding hydrogens is 240 g/mol. The van der Waals surface area contributed by atoms with E-state index in [9.17, 15) is 4.79 Å². The molecule has 19 heavy (non-hydrogen) atoms. The van der Waals surface area contributed by atoms with Gasteiger partial charge in [0, 0.05) is 24.8 Å². The first-order valence-corrected chi connectivity index (χ1v) is 6.81. The van der Waals surface area contributed by atoms with E-state index in [2.05, 4.69) is 17.6 Å². The summed E-state index contributed by atoms with van der Waals surface area (Å²) in [6.07, 6.45) is 1.97. The molecule has 0 aromatic heterocycles. The van der Waals surface area contributed by atoms with Crippen molar-refractivity contribution >= 4 is 5.91 Å². The molecule has 1 aromatic rings. The van der Waals surface area contributed by atoms with Crippen LogP contribution in [0.4, 0.5) is 0 Å². The van der Waals surface area contributed by atoms with E-state index in [4.69, 9.17) is 4.74 Å². The molecule has 2 rings (SSSR count). The van der Waals surface area contributed by atoms with Gasteiger partial charge in [0.05, 0.1) is 6.61 Å². The summed E-state index contributed by atoms with van der Waals surface area (Å²) in [4.78, 5) is 12.3. The molecule has 1 heterocycles. The van der Waals surface area contributed by atoms with Crippen LogP contribution in [0, 0.1) is 0 Å². The third-order valence-corrected chi connectivity index (χ3v) is 3.52. The number of carbonyl (C=O) groups excluding carboxylic acids is 1. The molecule has 1 aromatic carbocycles. The highest BCUT2D eigenvalue weighted by atomic mass is 16.5. The predicted octanol–water partition coefficient (Wildman–Crippen LogP) is 1.70. The number of nitrogens with one attached hydrogen (secondary N) is 2. The fraction of sp³-hybridized carbons (Fsp3) is 0.533. The van der Waals surface area contributed by atoms with Gasteiger partial charge >= 0.3 is 0 Å². The van der Waals surface area contributed by atoms with E-state index < -0.39 is 0 Å². The van der Waals surface area contributed by atoms with Crippen molar-refractivity contribution in [1.82, 2.24) is 10.6 Å². The molecular formula is C15H22N2O2. The van der Waals surface area contributed by atoms with Gasteiger partial charge < -0.3 is 15.4 Å². The van der Waals surface area contributed by atoms with E-state index in [1.54, 1.807) is 7.11 Å². The maximum Gasteiger partial charge on any atom is 0.251 e. The van der Waals surface area contributed by atoms with Crippen molar-refractivity contribution in [3.8, 4) is 0 Å². The molecule has 0 radical (unpaired) electrons. The molecule has 1 fully saturated rings. The average Bonchev–Trinajstić information content (AvgIpc) is 2.39. The molecule has 1 amide bonds. The average molecular weight is 262 g/mol. The molecule has 0 bridgehead atoms. The molecule has 1 aliphatic rings. The molecule has 2 atom stereocenters. The van der Waals surface area contributed by atoms with Crippen LogP contribution < -0.4 is 10.6 Å². The van der Waals surface area contributed by atoms with Crippen molar-refractivity contribution in [3.05, 3.63) is 35.4 Å². The zero-order chi connectivity index (χ0) is 13.7. The molecule has 1 saturated heterocycles. The molecule has 4 nitrogen and oxygen atoms in total. The summed E-state index contributed by atoms with van der Waals surface area (Å²) in [5.74, 6) is 0.00625. The number of ether oxygens (including phenoxy) is 1. The monoisotopic (exact) mass is 262 g/mol. The van der Waals surface area contributed by atoms with Crippen LogP contribution in [-0.2, 0) is 11.3 Å². The SMILES string of the molecule is COCc1ccccc1C(=O)NC1CCNC(C)C1. The highest BCUT2D eigenvalue weighted by Gasteiger charge is 2.21. The van der Waals surface area contributed by atoms with E-state index in [0.29, 0.717) is 12.6 Å². The molecule has 4 heteroatoms. The van der Waals surface area contributed by atoms with Gasteiger partial charge in [-0.15, -0.1) is 0 Å². The molecule has 1 aliphatic heterocycles. The van der Waals surface area contributed by atoms with Crippen LogP contribution in [0.3, 0.4) is 0 Å². The first kappa shape index (κ1) is 14.0. The molecule has 2 N–H and O–H groups in total. The summed E-state index contributed by atoms with van der Waals surface area (Å²) in [5, 5.41) is 6.52. The Morgan fingerprint density at radius 2 is 2.26 bits per heavy atom. The zero-order valence-electron chi connectivity index (χ0n) is 11.6. The van der Waals surface area contributed by atoms with Crippen LogP contribution >= 0.6 is 0 Å². The van der Waals surface area contributed by atoms with Crippen LogP contribution in [0.1, 0.15) is 35.7 Å². The fourth-order valence-corrected chi connectivity index (χ4v) is 2.55. The third kappa shape index (κ3) is 3.78. The summed E-state index contributed by atoms with van der Waals surface area (Å²) in [5.41, 5.74) is 1.65. The van der Waals surface area contributed by atoms with Gasteiger partial charge in [0.15, 0.2) is 0 Å². The van der Waals surface area contributed by atoms with Gasteiger partial charge in [-0.2, -0.15) is 0 Å². The Labute approximate surface area is 114 Å². The Kier molecular flexibility index (Phi) is 4.93. The van der Waals surface area contributed by atoms with Crippen molar-refractivity contribution in [2.75, 3.05) is 13.7 Å². The van der Waals surface area contributed by atoms with E-state index in [1.165, 1.54) is 0 Å². The fourth-order valence-electron chi connectivity index (χ4n) is 2.55. The highest BCUT2D eigenvalue weighted by molar-refractivity contribution is 5.95. The van der Waals surface area contributed by atoms with Gasteiger partial charge in [0.2, 0.25) is 0 Å². The van der Waals surface area contributed by atoms with Crippen LogP contribution in [0.25, 0.3) is 0 Å². The second kappa shape index (κ2) is 6.68. The number of benzene rings is 1. The molecule has 0 aliphatic carbocycles. The number of rotatable bonds is 4. The number of piperidine rings is 1. The van der Waals surface area contributed by atoms with Crippen LogP contribution in [0.5, 0.6) is 0 Å². The summed E-state index contributed by atoms with van der Waals surface area (Å²) < 4.78 is 5.14. The topological polar surface area (TPSA) is 50.4 Å². The van der Waals surface area contributed by atoms with Crippen molar-refractivity contribution in [1.29, 1.82) is 0 Å². The van der Waals surface area contributed by atoms with Crippen molar-refractivity contribution in [2.24, 2.45) is 0 Å². The lowest BCUT2D eigenvalue weighted by Crippen LogP contribution is -2.46. The Bertz CT molecular complexity index is 434. The Balaban J connectivity index is 2.03. The Morgan fingerprint density at radius 1 is 1.47 bits per heavy atom. The number of hydrogen-bond acceptors (Lipinski definition) is 3. The van der Waals surface area contributed by atoms with Gasteiger partial charge in [-0.3, -0.25) is 4.79 Å². The second-order valence-electron chi connectivity index (χ2n) is 5.14. The first-order valence-electron chi connectivity index (χ1n) is 6.81. The number of hydrogen-bond donors (Lipinski definition) is 2. The minimum Gasteiger partial charge on any atom is -0.380 e. The van der Waals surface area contributed by atoms with Gasteiger partial charge in [-0.05, 0) is 37.9 Å². The number of carbonyl (C=O) groups is 1. The smallest absolute Gasteiger partial charge is 0.251 e. The molecule has 2 unspecified atom stereocenters. The van der Waals surface area contributed by atoms with Crippen LogP contribution in [0.15, 0.2) is 24.3 Å². The van der Waals surface area contributed by atoms with Crippen LogP contribution in [-0.4, -0.2) is 31.6 Å². The van der Waals surface area contributed by atoms with Crippen molar-refractivity contribution in [3.63, 3.8) is 0 Å². The zero-order valence-corrected chi connectivity index (χ0v) is 11.6. The lowest BCUT2D eigenvalue weighted by Gasteiger charge is -2.28. The largest absolute Gasteiger partial charge is 0.380 e. The summed E-state index contributed by atoms with van der Waals surface area (Å²) in [6.45, 7) is 3.58. The Hall–Kier alpha value is -1.39. The second-order valence-corrected chi connectivity index (χ2v) is 5.14. The normalized spacial score (nSPS) is 23.1. The lowest BCUT2D eigenvalue weighted by atomic mass is 9.99. The summed E-state index contributed by atoms with van der Waals surface area (Å²) >= 11 is 0. The van der Waals surface area contributed by atoms with E-state index >= 15 is 0 Å². The quantitative estimate of drug-likeness (QED) is 0.868. The summed E-state index contributed by atoms with van der Waals surface area (Å²) in [6, 6.07) is 8.33. The van der Waals surface area contributed by atoms with Crippen LogP contribution in [0.2, 0.25) is 0 Å². The van der Waals surface area contributed by atoms with E-state index in [1.807, 2.05) is 24.3 Å². The van der Waals surface area contributed by atoms with Crippen molar-refractivity contribution < 1.29 is 9.53 Å². The maximum atomic E-state index is 12.3. The van der Waals surface area contributed by atoms with Gasteiger partial charge in [0.25, 0.3) is 5.91 Å². The minimum absolute atomic E-state index is 0.00625. The first-order chi connectivity index (χ1) is 9.20. The number of methoxy groups -OCH3 is 1. The highest BCUT2D eigenvalue weighted by Crippen LogP contribution is 2.13. The molecule has 0 saturated carbocycles. The molecule has 0 spiro atoms. The lowest BCUT2D eigenvalue weighted by molar-refractivity contribution is 0.0921. The number of amides is 1. The van der Waals surface area contributed by atoms with Gasteiger partial charge in [-0.25, -0.2) is 0 Å². The maximum absolute atomic E-state index is 12.3. The third-order valence-electron chi connectivity index (χ3n) is 3.52. The van der Waals surface area contributed by atoms with Gasteiger partial charge in [-0.1, -0.05) is 18.2 Å². The molecule has 104 valence electrons. The predicted molar refractivity (Wildman–Crippen MR) is 75.1 cm³/mol. The van der Waals surface area contributed by atoms with E-state index in [-0.39, 0.29) is 11.9 Å². The van der Waals surface area contributed by atoms with Gasteiger partial charge in [0.1, 0.15) is 0 Å². The van der Waals surface area contributed by atoms with Crippen molar-refractivity contribution in [2.45, 2.75) is 38.5 Å². The standard InChI is InChI=1S/C15H22N2O2/c1-11-9-13(7-8-16-11)17-15(18)14-6-4-3-5-12(14)10-19-2/h3-6,11,13,16H,7-10H2,1-2H3,(H,17,18). The summed E-state index contributed by atoms with van der Waals surface area (Å²) in [7, 11) is 1.64.